The second-order valence-electron chi connectivity index (χ2n) is 5.40. The highest BCUT2D eigenvalue weighted by atomic mass is 15.2. The fourth-order valence-corrected chi connectivity index (χ4v) is 2.03. The van der Waals surface area contributed by atoms with E-state index in [9.17, 15) is 0 Å². The summed E-state index contributed by atoms with van der Waals surface area (Å²) in [6, 6.07) is 4.71. The van der Waals surface area contributed by atoms with Crippen LogP contribution in [0.15, 0.2) is 12.1 Å². The molecule has 0 unspecified atom stereocenters. The number of aromatic nitrogens is 1. The third-order valence-electron chi connectivity index (χ3n) is 3.10. The van der Waals surface area contributed by atoms with Crippen molar-refractivity contribution in [3.05, 3.63) is 23.4 Å². The minimum absolute atomic E-state index is 0.436. The van der Waals surface area contributed by atoms with Crippen LogP contribution < -0.4 is 10.6 Å². The Bertz CT molecular complexity index is 372. The number of hydrogen-bond acceptors (Lipinski definition) is 3. The van der Waals surface area contributed by atoms with Gasteiger partial charge in [-0.3, -0.25) is 0 Å². The fraction of sp³-hybridized carbons (Fsp3) is 0.667. The van der Waals surface area contributed by atoms with Gasteiger partial charge in [0, 0.05) is 24.8 Å². The van der Waals surface area contributed by atoms with Gasteiger partial charge in [-0.1, -0.05) is 20.8 Å². The predicted octanol–water partition coefficient (Wildman–Crippen LogP) is 3.29. The summed E-state index contributed by atoms with van der Waals surface area (Å²) in [5, 5.41) is 0. The summed E-state index contributed by atoms with van der Waals surface area (Å²) in [6.07, 6.45) is 1.13. The first-order chi connectivity index (χ1) is 8.49. The molecule has 0 fully saturated rings. The van der Waals surface area contributed by atoms with E-state index in [1.54, 1.807) is 0 Å². The Hall–Kier alpha value is -1.09. The normalized spacial score (nSPS) is 11.3. The zero-order chi connectivity index (χ0) is 13.7. The van der Waals surface area contributed by atoms with Gasteiger partial charge in [-0.25, -0.2) is 4.98 Å². The fourth-order valence-electron chi connectivity index (χ4n) is 2.03. The van der Waals surface area contributed by atoms with Crippen LogP contribution in [-0.2, 0) is 6.54 Å². The third-order valence-corrected chi connectivity index (χ3v) is 3.10. The van der Waals surface area contributed by atoms with Crippen molar-refractivity contribution in [1.82, 2.24) is 4.98 Å². The number of hydrogen-bond donors (Lipinski definition) is 1. The Balaban J connectivity index is 3.15. The molecular formula is C15H27N3. The molecule has 0 bridgehead atoms. The van der Waals surface area contributed by atoms with E-state index in [1.807, 2.05) is 0 Å². The van der Waals surface area contributed by atoms with Crippen molar-refractivity contribution in [2.24, 2.45) is 5.73 Å². The largest absolute Gasteiger partial charge is 0.354 e. The van der Waals surface area contributed by atoms with Gasteiger partial charge in [0.15, 0.2) is 0 Å². The van der Waals surface area contributed by atoms with Gasteiger partial charge >= 0.3 is 0 Å². The van der Waals surface area contributed by atoms with Crippen LogP contribution in [0.2, 0.25) is 0 Å². The molecule has 102 valence electrons. The van der Waals surface area contributed by atoms with Crippen molar-refractivity contribution < 1.29 is 0 Å². The van der Waals surface area contributed by atoms with Crippen LogP contribution in [0.5, 0.6) is 0 Å². The zero-order valence-corrected chi connectivity index (χ0v) is 12.4. The highest BCUT2D eigenvalue weighted by molar-refractivity contribution is 5.44. The minimum Gasteiger partial charge on any atom is -0.354 e. The van der Waals surface area contributed by atoms with E-state index < -0.39 is 0 Å². The van der Waals surface area contributed by atoms with E-state index in [0.29, 0.717) is 18.5 Å². The summed E-state index contributed by atoms with van der Waals surface area (Å²) < 4.78 is 0. The molecule has 0 aromatic carbocycles. The lowest BCUT2D eigenvalue weighted by Gasteiger charge is -2.28. The summed E-state index contributed by atoms with van der Waals surface area (Å²) in [5.74, 6) is 1.50. The van der Waals surface area contributed by atoms with Crippen molar-refractivity contribution in [3.63, 3.8) is 0 Å². The van der Waals surface area contributed by atoms with Gasteiger partial charge in [0.2, 0.25) is 0 Å². The van der Waals surface area contributed by atoms with Gasteiger partial charge in [0.25, 0.3) is 0 Å². The Morgan fingerprint density at radius 1 is 1.22 bits per heavy atom. The van der Waals surface area contributed by atoms with Gasteiger partial charge in [-0.2, -0.15) is 0 Å². The molecule has 0 spiro atoms. The average molecular weight is 249 g/mol. The maximum absolute atomic E-state index is 5.79. The molecule has 18 heavy (non-hydrogen) atoms. The maximum Gasteiger partial charge on any atom is 0.129 e. The lowest BCUT2D eigenvalue weighted by Crippen LogP contribution is -2.32. The third kappa shape index (κ3) is 3.70. The van der Waals surface area contributed by atoms with Crippen LogP contribution in [0.1, 0.15) is 58.2 Å². The molecule has 3 nitrogen and oxygen atoms in total. The van der Waals surface area contributed by atoms with Crippen molar-refractivity contribution in [2.45, 2.75) is 59.5 Å². The molecule has 0 saturated heterocycles. The molecule has 0 atom stereocenters. The minimum atomic E-state index is 0.436. The van der Waals surface area contributed by atoms with Crippen LogP contribution in [0.25, 0.3) is 0 Å². The topological polar surface area (TPSA) is 42.1 Å². The van der Waals surface area contributed by atoms with Crippen molar-refractivity contribution in [2.75, 3.05) is 11.4 Å². The van der Waals surface area contributed by atoms with Crippen molar-refractivity contribution >= 4 is 5.82 Å². The Kier molecular flexibility index (Phi) is 5.60. The lowest BCUT2D eigenvalue weighted by atomic mass is 10.1. The Morgan fingerprint density at radius 3 is 2.33 bits per heavy atom. The van der Waals surface area contributed by atoms with E-state index in [4.69, 9.17) is 10.7 Å². The first kappa shape index (κ1) is 15.0. The molecule has 0 radical (unpaired) electrons. The first-order valence-corrected chi connectivity index (χ1v) is 6.97. The predicted molar refractivity (Wildman–Crippen MR) is 79.0 cm³/mol. The standard InChI is InChI=1S/C15H27N3/c1-6-7-18(12(4)5)15-9-13(10-16)8-14(17-15)11(2)3/h8-9,11-12H,6-7,10,16H2,1-5H3. The number of nitrogens with zero attached hydrogens (tertiary/aromatic N) is 2. The van der Waals surface area contributed by atoms with Crippen LogP contribution in [0, 0.1) is 0 Å². The molecule has 1 aromatic heterocycles. The van der Waals surface area contributed by atoms with Crippen LogP contribution in [0.4, 0.5) is 5.82 Å². The van der Waals surface area contributed by atoms with Gasteiger partial charge in [-0.15, -0.1) is 0 Å². The molecule has 0 aliphatic heterocycles. The van der Waals surface area contributed by atoms with Gasteiger partial charge in [0.05, 0.1) is 0 Å². The summed E-state index contributed by atoms with van der Waals surface area (Å²) >= 11 is 0. The smallest absolute Gasteiger partial charge is 0.129 e. The number of anilines is 1. The maximum atomic E-state index is 5.79. The molecule has 1 rings (SSSR count). The average Bonchev–Trinajstić information content (AvgIpc) is 2.34. The second-order valence-corrected chi connectivity index (χ2v) is 5.40. The van der Waals surface area contributed by atoms with Gasteiger partial charge in [-0.05, 0) is 43.9 Å². The first-order valence-electron chi connectivity index (χ1n) is 6.97. The van der Waals surface area contributed by atoms with Crippen LogP contribution >= 0.6 is 0 Å². The molecule has 0 aliphatic carbocycles. The van der Waals surface area contributed by atoms with Gasteiger partial charge in [0.1, 0.15) is 5.82 Å². The van der Waals surface area contributed by atoms with E-state index in [2.05, 4.69) is 51.7 Å². The highest BCUT2D eigenvalue weighted by Gasteiger charge is 2.13. The van der Waals surface area contributed by atoms with Crippen molar-refractivity contribution in [1.29, 1.82) is 0 Å². The Morgan fingerprint density at radius 2 is 1.89 bits per heavy atom. The van der Waals surface area contributed by atoms with Crippen LogP contribution in [-0.4, -0.2) is 17.6 Å². The molecular weight excluding hydrogens is 222 g/mol. The second kappa shape index (κ2) is 6.74. The van der Waals surface area contributed by atoms with E-state index in [1.165, 1.54) is 5.56 Å². The highest BCUT2D eigenvalue weighted by Crippen LogP contribution is 2.21. The molecule has 0 amide bonds. The summed E-state index contributed by atoms with van der Waals surface area (Å²) in [5.41, 5.74) is 8.10. The number of nitrogens with two attached hydrogens (primary N) is 1. The van der Waals surface area contributed by atoms with E-state index >= 15 is 0 Å². The quantitative estimate of drug-likeness (QED) is 0.841. The monoisotopic (exact) mass is 249 g/mol. The molecule has 1 heterocycles. The van der Waals surface area contributed by atoms with Crippen molar-refractivity contribution in [3.8, 4) is 0 Å². The molecule has 0 aliphatic rings. The lowest BCUT2D eigenvalue weighted by molar-refractivity contribution is 0.656. The molecule has 1 aromatic rings. The molecule has 0 saturated carbocycles. The summed E-state index contributed by atoms with van der Waals surface area (Å²) in [4.78, 5) is 7.14. The van der Waals surface area contributed by atoms with Crippen LogP contribution in [0.3, 0.4) is 0 Å². The van der Waals surface area contributed by atoms with Gasteiger partial charge < -0.3 is 10.6 Å². The molecule has 3 heteroatoms. The molecule has 2 N–H and O–H groups in total. The summed E-state index contributed by atoms with van der Waals surface area (Å²) in [7, 11) is 0. The number of pyridine rings is 1. The van der Waals surface area contributed by atoms with E-state index in [-0.39, 0.29) is 0 Å². The zero-order valence-electron chi connectivity index (χ0n) is 12.4. The van der Waals surface area contributed by atoms with E-state index in [0.717, 1.165) is 24.5 Å². The Labute approximate surface area is 111 Å². The number of rotatable bonds is 6. The summed E-state index contributed by atoms with van der Waals surface area (Å²) in [6.45, 7) is 12.6. The SMILES string of the molecule is CCCN(c1cc(CN)cc(C(C)C)n1)C(C)C.